The van der Waals surface area contributed by atoms with Gasteiger partial charge in [-0.15, -0.1) is 0 Å². The zero-order valence-electron chi connectivity index (χ0n) is 12.3. The highest BCUT2D eigenvalue weighted by atomic mass is 32.2. The molecule has 1 nitrogen and oxygen atoms in total. The molecule has 0 aliphatic carbocycles. The lowest BCUT2D eigenvalue weighted by Crippen LogP contribution is -2.27. The summed E-state index contributed by atoms with van der Waals surface area (Å²) in [7, 11) is 0. The van der Waals surface area contributed by atoms with E-state index in [0.29, 0.717) is 6.04 Å². The Balaban J connectivity index is 3.05. The summed E-state index contributed by atoms with van der Waals surface area (Å²) >= 11 is 2.05. The largest absolute Gasteiger partial charge is 0.314 e. The molecule has 0 radical (unpaired) electrons. The molecule has 0 aliphatic heterocycles. The van der Waals surface area contributed by atoms with Gasteiger partial charge >= 0.3 is 0 Å². The fourth-order valence-electron chi connectivity index (χ4n) is 1.94. The minimum absolute atomic E-state index is 0.703. The van der Waals surface area contributed by atoms with Crippen LogP contribution in [-0.2, 0) is 0 Å². The van der Waals surface area contributed by atoms with Gasteiger partial charge in [-0.3, -0.25) is 0 Å². The highest BCUT2D eigenvalue weighted by molar-refractivity contribution is 7.99. The van der Waals surface area contributed by atoms with Crippen LogP contribution in [0.4, 0.5) is 0 Å². The van der Waals surface area contributed by atoms with Crippen LogP contribution in [0.5, 0.6) is 0 Å². The minimum atomic E-state index is 0.703. The summed E-state index contributed by atoms with van der Waals surface area (Å²) in [5.74, 6) is 2.56. The van der Waals surface area contributed by atoms with Gasteiger partial charge in [-0.1, -0.05) is 52.4 Å². The van der Waals surface area contributed by atoms with Gasteiger partial charge in [-0.2, -0.15) is 11.8 Å². The molecule has 0 rings (SSSR count). The Morgan fingerprint density at radius 1 is 0.941 bits per heavy atom. The predicted octanol–water partition coefficient (Wildman–Crippen LogP) is 4.86. The van der Waals surface area contributed by atoms with Crippen LogP contribution in [0.2, 0.25) is 0 Å². The standard InChI is InChI=1S/C15H33NS/c1-4-6-7-8-9-10-11-13-16-15(3)12-14-17-5-2/h15-16H,4-14H2,1-3H3. The maximum Gasteiger partial charge on any atom is 0.00465 e. The summed E-state index contributed by atoms with van der Waals surface area (Å²) in [5.41, 5.74) is 0. The molecular formula is C15H33NS. The second-order valence-electron chi connectivity index (χ2n) is 4.96. The van der Waals surface area contributed by atoms with Gasteiger partial charge in [0.15, 0.2) is 0 Å². The van der Waals surface area contributed by atoms with Crippen LogP contribution in [0, 0.1) is 0 Å². The Bertz CT molecular complexity index is 139. The highest BCUT2D eigenvalue weighted by Crippen LogP contribution is 2.07. The summed E-state index contributed by atoms with van der Waals surface area (Å²) < 4.78 is 0. The van der Waals surface area contributed by atoms with Crippen molar-refractivity contribution in [2.24, 2.45) is 0 Å². The predicted molar refractivity (Wildman–Crippen MR) is 83.1 cm³/mol. The number of thioether (sulfide) groups is 1. The first-order valence-electron chi connectivity index (χ1n) is 7.62. The summed E-state index contributed by atoms with van der Waals surface area (Å²) in [4.78, 5) is 0. The fraction of sp³-hybridized carbons (Fsp3) is 1.00. The van der Waals surface area contributed by atoms with E-state index >= 15 is 0 Å². The summed E-state index contributed by atoms with van der Waals surface area (Å²) in [6, 6.07) is 0.703. The third-order valence-electron chi connectivity index (χ3n) is 3.17. The number of rotatable bonds is 13. The lowest BCUT2D eigenvalue weighted by molar-refractivity contribution is 0.504. The van der Waals surface area contributed by atoms with Crippen molar-refractivity contribution in [2.45, 2.75) is 78.2 Å². The Labute approximate surface area is 114 Å². The van der Waals surface area contributed by atoms with E-state index in [1.54, 1.807) is 0 Å². The van der Waals surface area contributed by atoms with Crippen molar-refractivity contribution in [3.8, 4) is 0 Å². The second kappa shape index (κ2) is 14.4. The first-order valence-corrected chi connectivity index (χ1v) is 8.77. The molecule has 0 spiro atoms. The molecule has 0 saturated heterocycles. The maximum atomic E-state index is 3.63. The SMILES string of the molecule is CCCCCCCCCNC(C)CCSCC. The Morgan fingerprint density at radius 3 is 2.24 bits per heavy atom. The van der Waals surface area contributed by atoms with Crippen molar-refractivity contribution in [2.75, 3.05) is 18.1 Å². The molecule has 0 aromatic carbocycles. The molecule has 104 valence electrons. The summed E-state index contributed by atoms with van der Waals surface area (Å²) in [6.45, 7) is 8.05. The van der Waals surface area contributed by atoms with E-state index in [4.69, 9.17) is 0 Å². The van der Waals surface area contributed by atoms with Crippen LogP contribution in [0.15, 0.2) is 0 Å². The molecule has 1 atom stereocenters. The molecule has 0 heterocycles. The molecule has 2 heteroatoms. The molecular weight excluding hydrogens is 226 g/mol. The van der Waals surface area contributed by atoms with Gasteiger partial charge in [-0.05, 0) is 37.8 Å². The zero-order chi connectivity index (χ0) is 12.8. The average molecular weight is 260 g/mol. The Hall–Kier alpha value is 0.310. The highest BCUT2D eigenvalue weighted by Gasteiger charge is 1.99. The molecule has 1 unspecified atom stereocenters. The van der Waals surface area contributed by atoms with E-state index in [0.717, 1.165) is 0 Å². The minimum Gasteiger partial charge on any atom is -0.314 e. The van der Waals surface area contributed by atoms with E-state index in [1.165, 1.54) is 69.4 Å². The summed E-state index contributed by atoms with van der Waals surface area (Å²) in [6.07, 6.45) is 11.2. The molecule has 0 bridgehead atoms. The van der Waals surface area contributed by atoms with Crippen molar-refractivity contribution >= 4 is 11.8 Å². The van der Waals surface area contributed by atoms with Gasteiger partial charge in [0.25, 0.3) is 0 Å². The van der Waals surface area contributed by atoms with E-state index in [9.17, 15) is 0 Å². The number of nitrogens with one attached hydrogen (secondary N) is 1. The number of unbranched alkanes of at least 4 members (excludes halogenated alkanes) is 6. The van der Waals surface area contributed by atoms with E-state index < -0.39 is 0 Å². The van der Waals surface area contributed by atoms with Gasteiger partial charge in [-0.25, -0.2) is 0 Å². The van der Waals surface area contributed by atoms with Crippen molar-refractivity contribution in [1.29, 1.82) is 0 Å². The van der Waals surface area contributed by atoms with E-state index in [1.807, 2.05) is 0 Å². The smallest absolute Gasteiger partial charge is 0.00465 e. The number of hydrogen-bond donors (Lipinski definition) is 1. The first kappa shape index (κ1) is 17.3. The van der Waals surface area contributed by atoms with Gasteiger partial charge in [0.1, 0.15) is 0 Å². The van der Waals surface area contributed by atoms with Gasteiger partial charge < -0.3 is 5.32 Å². The zero-order valence-corrected chi connectivity index (χ0v) is 13.1. The van der Waals surface area contributed by atoms with Crippen molar-refractivity contribution in [1.82, 2.24) is 5.32 Å². The molecule has 0 aromatic rings. The van der Waals surface area contributed by atoms with Crippen LogP contribution < -0.4 is 5.32 Å². The molecule has 0 fully saturated rings. The molecule has 1 N–H and O–H groups in total. The van der Waals surface area contributed by atoms with Crippen molar-refractivity contribution in [3.63, 3.8) is 0 Å². The van der Waals surface area contributed by atoms with Crippen LogP contribution in [-0.4, -0.2) is 24.1 Å². The third-order valence-corrected chi connectivity index (χ3v) is 4.11. The second-order valence-corrected chi connectivity index (χ2v) is 6.36. The molecule has 0 aromatic heterocycles. The Kier molecular flexibility index (Phi) is 14.6. The topological polar surface area (TPSA) is 12.0 Å². The van der Waals surface area contributed by atoms with Crippen molar-refractivity contribution in [3.05, 3.63) is 0 Å². The van der Waals surface area contributed by atoms with Gasteiger partial charge in [0.05, 0.1) is 0 Å². The molecule has 0 amide bonds. The number of hydrogen-bond acceptors (Lipinski definition) is 2. The molecule has 0 aliphatic rings. The Morgan fingerprint density at radius 2 is 1.59 bits per heavy atom. The first-order chi connectivity index (χ1) is 8.31. The third kappa shape index (κ3) is 14.2. The van der Waals surface area contributed by atoms with E-state index in [2.05, 4.69) is 37.8 Å². The van der Waals surface area contributed by atoms with E-state index in [-0.39, 0.29) is 0 Å². The quantitative estimate of drug-likeness (QED) is 0.474. The van der Waals surface area contributed by atoms with Gasteiger partial charge in [0, 0.05) is 6.04 Å². The maximum absolute atomic E-state index is 3.63. The molecule has 17 heavy (non-hydrogen) atoms. The van der Waals surface area contributed by atoms with Crippen molar-refractivity contribution < 1.29 is 0 Å². The van der Waals surface area contributed by atoms with Crippen LogP contribution in [0.3, 0.4) is 0 Å². The fourth-order valence-corrected chi connectivity index (χ4v) is 2.75. The summed E-state index contributed by atoms with van der Waals surface area (Å²) in [5, 5.41) is 3.63. The molecule has 0 saturated carbocycles. The monoisotopic (exact) mass is 259 g/mol. The van der Waals surface area contributed by atoms with Crippen LogP contribution >= 0.6 is 11.8 Å². The van der Waals surface area contributed by atoms with Crippen LogP contribution in [0.25, 0.3) is 0 Å². The van der Waals surface area contributed by atoms with Gasteiger partial charge in [0.2, 0.25) is 0 Å². The average Bonchev–Trinajstić information content (AvgIpc) is 2.33. The van der Waals surface area contributed by atoms with Crippen LogP contribution in [0.1, 0.15) is 72.1 Å². The lowest BCUT2D eigenvalue weighted by Gasteiger charge is -2.13. The lowest BCUT2D eigenvalue weighted by atomic mass is 10.1. The normalized spacial score (nSPS) is 12.9.